The Kier molecular flexibility index (Phi) is 46.7. The molecule has 0 spiro atoms. The minimum absolute atomic E-state index is 0.0232. The van der Waals surface area contributed by atoms with Crippen molar-refractivity contribution in [3.63, 3.8) is 0 Å². The molecule has 5 aromatic rings. The maximum atomic E-state index is 12.4. The van der Waals surface area contributed by atoms with E-state index in [1.54, 1.807) is 10.8 Å². The Hall–Kier alpha value is -6.71. The number of carbonyl (C=O) groups is 5. The Balaban J connectivity index is 0.000000265. The summed E-state index contributed by atoms with van der Waals surface area (Å²) in [5, 5.41) is 87.6. The lowest BCUT2D eigenvalue weighted by Gasteiger charge is -2.22. The topological polar surface area (TPSA) is 601 Å². The standard InChI is InChI=1S/2C18H30N3O6P.C18H30N3O5PS.C17H28N3O6P.C17H28N3O5PS/c2*1-11(22)8-19-9-12-10-21(18(25)20-16(12)24)17-15(26-2)14(23)13(27-17)6-7-28(3,4)5;1-11(22)8-19-9-12-10-21(18(28)20-16(12)24)17-15(25-2)14(23)13(26-17)6-7-27(3,4)5;1-10(21)7-18-8-11-9-20(17(25)19-15(11)24)16-14(23)13(22)12(26-16)5-6-27(2,3)4;1-10(21)7-18-8-11-9-20(17(27)19-15(11)24)16-14(23)13(22)12(25-16)5-6-26(2,3)4/h2*10,13-15,17,19,23H,3,6-9H2,1-2,4-5H3,(H,20,24,25);10,13-15,17,19,23H,3,6-9H2,1-2,4-5H3,(H,20,24,28);9,12-14,16,18,22-23H,2,5-8H2,1,3-4H3,(H,19,24,25);9,12-14,16,18,22-23H,2,5-8H2,1,3-4H3,(H,19,24,27)/t3*13-,14-,15-,17-;2*12-,13-,14-,16-/m11111/s1. The summed E-state index contributed by atoms with van der Waals surface area (Å²) in [5.74, 6) is -0.284. The van der Waals surface area contributed by atoms with Crippen LogP contribution < -0.4 is 71.4 Å². The zero-order valence-electron chi connectivity index (χ0n) is 82.1. The van der Waals surface area contributed by atoms with Gasteiger partial charge in [0.2, 0.25) is 0 Å². The third-order valence-electron chi connectivity index (χ3n) is 22.5. The van der Waals surface area contributed by atoms with E-state index in [4.69, 9.17) is 62.3 Å². The van der Waals surface area contributed by atoms with Gasteiger partial charge in [-0.2, -0.15) is 0 Å². The average Bonchev–Trinajstić information content (AvgIpc) is 1.65. The quantitative estimate of drug-likeness (QED) is 0.0171. The Morgan fingerprint density at radius 3 is 0.717 bits per heavy atom. The maximum Gasteiger partial charge on any atom is 0.330 e. The fourth-order valence-electron chi connectivity index (χ4n) is 15.2. The molecule has 5 aliphatic rings. The van der Waals surface area contributed by atoms with Gasteiger partial charge in [0, 0.05) is 113 Å². The molecule has 43 nitrogen and oxygen atoms in total. The first-order valence-corrected chi connectivity index (χ1v) is 60.9. The largest absolute Gasteiger partial charge is 0.388 e. The molecule has 10 rings (SSSR count). The van der Waals surface area contributed by atoms with Gasteiger partial charge in [-0.3, -0.25) is 95.7 Å². The maximum absolute atomic E-state index is 12.4. The summed E-state index contributed by atoms with van der Waals surface area (Å²) in [5.41, 5.74) is -2.86. The minimum atomic E-state index is -1.33. The smallest absolute Gasteiger partial charge is 0.330 e. The summed E-state index contributed by atoms with van der Waals surface area (Å²) in [4.78, 5) is 164. The Bertz CT molecular complexity index is 5420. The predicted octanol–water partition coefficient (Wildman–Crippen LogP) is -0.631. The number of rotatable bonds is 43. The molecule has 0 amide bonds. The molecule has 778 valence electrons. The molecule has 0 saturated carbocycles. The van der Waals surface area contributed by atoms with E-state index in [0.29, 0.717) is 43.2 Å². The van der Waals surface area contributed by atoms with Crippen molar-refractivity contribution >= 4 is 119 Å². The van der Waals surface area contributed by atoms with Crippen molar-refractivity contribution in [2.24, 2.45) is 0 Å². The van der Waals surface area contributed by atoms with Crippen LogP contribution in [0.1, 0.15) is 126 Å². The second-order valence-corrected chi connectivity index (χ2v) is 61.1. The number of hydrogen-bond donors (Lipinski definition) is 17. The second-order valence-electron chi connectivity index (χ2n) is 38.7. The number of Topliss-reactive ketones (excluding diaryl/α,β-unsaturated/α-hetero) is 5. The number of H-pyrrole nitrogens is 5. The second kappa shape index (κ2) is 53.8. The molecule has 5 aromatic heterocycles. The minimum Gasteiger partial charge on any atom is -0.388 e. The van der Waals surface area contributed by atoms with Crippen molar-refractivity contribution in [2.45, 2.75) is 222 Å². The highest BCUT2D eigenvalue weighted by Gasteiger charge is 2.50. The van der Waals surface area contributed by atoms with Gasteiger partial charge >= 0.3 is 17.1 Å². The number of methoxy groups -OCH3 is 3. The Labute approximate surface area is 811 Å². The normalized spacial score (nSPS) is 25.4. The Morgan fingerprint density at radius 1 is 0.319 bits per heavy atom. The van der Waals surface area contributed by atoms with Crippen LogP contribution in [0.25, 0.3) is 0 Å². The first-order valence-electron chi connectivity index (χ1n) is 44.8. The van der Waals surface area contributed by atoms with E-state index in [1.165, 1.54) is 94.4 Å². The van der Waals surface area contributed by atoms with Crippen molar-refractivity contribution in [3.8, 4) is 0 Å². The van der Waals surface area contributed by atoms with E-state index in [-0.39, 0.29) is 132 Å². The molecule has 20 atom stereocenters. The first-order chi connectivity index (χ1) is 64.1. The molecule has 5 fully saturated rings. The number of hydrogen-bond acceptors (Lipinski definition) is 35. The number of aliphatic hydroxyl groups excluding tert-OH is 7. The molecule has 0 aromatic carbocycles. The van der Waals surface area contributed by atoms with Gasteiger partial charge in [0.1, 0.15) is 90.0 Å². The molecule has 5 saturated heterocycles. The number of nitrogens with one attached hydrogen (secondary N) is 10. The third-order valence-corrected chi connectivity index (χ3v) is 30.5. The van der Waals surface area contributed by atoms with Crippen LogP contribution in [0.5, 0.6) is 0 Å². The van der Waals surface area contributed by atoms with Gasteiger partial charge in [0.05, 0.1) is 63.2 Å². The summed E-state index contributed by atoms with van der Waals surface area (Å²) >= 11 is 10.5. The van der Waals surface area contributed by atoms with Crippen molar-refractivity contribution in [3.05, 3.63) is 152 Å². The molecule has 0 radical (unpaired) electrons. The lowest BCUT2D eigenvalue weighted by atomic mass is 10.1. The summed E-state index contributed by atoms with van der Waals surface area (Å²) in [7, 11) is 4.39. The van der Waals surface area contributed by atoms with Crippen LogP contribution in [-0.2, 0) is 94.6 Å². The van der Waals surface area contributed by atoms with Gasteiger partial charge < -0.3 is 100 Å². The third kappa shape index (κ3) is 37.2. The summed E-state index contributed by atoms with van der Waals surface area (Å²) in [6, 6.07) is 0. The van der Waals surface area contributed by atoms with Gasteiger partial charge in [-0.15, -0.1) is 65.9 Å². The van der Waals surface area contributed by atoms with Crippen LogP contribution in [0.4, 0.5) is 0 Å². The van der Waals surface area contributed by atoms with Gasteiger partial charge in [-0.25, -0.2) is 14.4 Å². The lowest BCUT2D eigenvalue weighted by Crippen LogP contribution is -2.40. The number of ether oxygens (including phenoxy) is 8. The molecule has 138 heavy (non-hydrogen) atoms. The molecule has 0 unspecified atom stereocenters. The molecule has 10 heterocycles. The SMILES string of the molecule is C=P(C)(C)CC[C@H]1O[C@@H](n2cc(CNCC(C)=O)c(=O)[nH]c2=O)[C@H](O)[C@@H]1O.C=P(C)(C)CC[C@H]1O[C@@H](n2cc(CNCC(C)=O)c(=O)[nH]c2=O)[C@H](OC)[C@@H]1O.C=P(C)(C)CC[C@H]1O[C@@H](n2cc(CNCC(C)=O)c(=O)[nH]c2=O)[C@H](OC)[C@@H]1O.C=P(C)(C)CC[C@H]1O[C@@H](n2cc(CNCC(C)=O)c(=O)[nH]c2=S)[C@H](O)[C@@H]1O.C=P(C)(C)CC[C@H]1O[C@@H](n2cc(CNCC(C)=O)c(=O)[nH]c2=S)[C@H](OC)[C@@H]1O. The van der Waals surface area contributed by atoms with E-state index in [9.17, 15) is 98.1 Å². The number of carbonyl (C=O) groups excluding carboxylic acids is 5. The van der Waals surface area contributed by atoms with Crippen LogP contribution >= 0.6 is 58.9 Å². The summed E-state index contributed by atoms with van der Waals surface area (Å²) < 4.78 is 52.8. The van der Waals surface area contributed by atoms with Crippen molar-refractivity contribution in [1.82, 2.24) is 74.3 Å². The average molecular weight is 2080 g/mol. The van der Waals surface area contributed by atoms with Gasteiger partial charge in [-0.05, 0) is 189 Å². The van der Waals surface area contributed by atoms with Crippen LogP contribution in [0.15, 0.2) is 69.3 Å². The van der Waals surface area contributed by atoms with E-state index in [1.807, 2.05) is 0 Å². The molecule has 50 heteroatoms. The van der Waals surface area contributed by atoms with Gasteiger partial charge in [0.15, 0.2) is 40.7 Å². The first kappa shape index (κ1) is 120. The van der Waals surface area contributed by atoms with Gasteiger partial charge in [0.25, 0.3) is 27.8 Å². The van der Waals surface area contributed by atoms with Crippen LogP contribution in [0, 0.1) is 9.54 Å². The van der Waals surface area contributed by atoms with Crippen molar-refractivity contribution in [2.75, 3.05) is 152 Å². The monoisotopic (exact) mass is 2080 g/mol. The molecule has 0 aliphatic carbocycles. The fourth-order valence-corrected chi connectivity index (χ4v) is 20.4. The van der Waals surface area contributed by atoms with Crippen molar-refractivity contribution < 1.29 is 97.6 Å². The van der Waals surface area contributed by atoms with Crippen LogP contribution in [0.3, 0.4) is 0 Å². The highest BCUT2D eigenvalue weighted by atomic mass is 32.1. The van der Waals surface area contributed by atoms with Crippen LogP contribution in [0.2, 0.25) is 0 Å². The zero-order valence-corrected chi connectivity index (χ0v) is 88.2. The highest BCUT2D eigenvalue weighted by Crippen LogP contribution is 2.45. The highest BCUT2D eigenvalue weighted by molar-refractivity contribution is 7.73. The number of aromatic amines is 5. The molecule has 17 N–H and O–H groups in total. The van der Waals surface area contributed by atoms with Crippen LogP contribution in [-0.4, -0.2) is 387 Å². The van der Waals surface area contributed by atoms with Crippen molar-refractivity contribution in [1.29, 1.82) is 0 Å². The molecular weight excluding hydrogens is 1930 g/mol. The molecular formula is C88H146N15O28P5S2. The number of aliphatic hydroxyl groups is 7. The Morgan fingerprint density at radius 2 is 0.500 bits per heavy atom. The van der Waals surface area contributed by atoms with Gasteiger partial charge in [-0.1, -0.05) is 0 Å². The van der Waals surface area contributed by atoms with E-state index in [2.05, 4.69) is 150 Å². The molecule has 0 bridgehead atoms. The zero-order chi connectivity index (χ0) is 104. The summed E-state index contributed by atoms with van der Waals surface area (Å²) in [6.45, 7) is 23.1. The summed E-state index contributed by atoms with van der Waals surface area (Å²) in [6.07, 6.45) is 18.7. The number of ketones is 5. The number of nitrogens with zero attached hydrogens (tertiary/aromatic N) is 5. The lowest BCUT2D eigenvalue weighted by molar-refractivity contribution is -0.117. The fraction of sp³-hybridized carbons (Fsp3) is 0.659. The van der Waals surface area contributed by atoms with E-state index >= 15 is 0 Å². The predicted molar refractivity (Wildman–Crippen MR) is 549 cm³/mol. The molecule has 5 aliphatic heterocycles. The van der Waals surface area contributed by atoms with E-state index in [0.717, 1.165) is 35.4 Å². The number of aromatic nitrogens is 10. The van der Waals surface area contributed by atoms with E-state index < -0.39 is 191 Å².